The summed E-state index contributed by atoms with van der Waals surface area (Å²) < 4.78 is 0. The highest BCUT2D eigenvalue weighted by molar-refractivity contribution is 5.46. The molecular weight excluding hydrogens is 102 g/mol. The van der Waals surface area contributed by atoms with Crippen LogP contribution in [0.15, 0.2) is 0 Å². The smallest absolute Gasteiger partial charge is 0.210 e. The van der Waals surface area contributed by atoms with Crippen LogP contribution in [-0.4, -0.2) is 24.9 Å². The van der Waals surface area contributed by atoms with Crippen molar-refractivity contribution in [2.45, 2.75) is 6.92 Å². The van der Waals surface area contributed by atoms with E-state index in [9.17, 15) is 4.79 Å². The van der Waals surface area contributed by atoms with Gasteiger partial charge < -0.3 is 4.90 Å². The fourth-order valence-corrected chi connectivity index (χ4v) is 0.241. The van der Waals surface area contributed by atoms with E-state index < -0.39 is 0 Å². The van der Waals surface area contributed by atoms with Gasteiger partial charge in [0.2, 0.25) is 6.41 Å². The summed E-state index contributed by atoms with van der Waals surface area (Å²) in [5.41, 5.74) is 0. The minimum Gasteiger partial charge on any atom is -0.337 e. The molecule has 0 spiro atoms. The lowest BCUT2D eigenvalue weighted by molar-refractivity contribution is -0.116. The third-order valence-electron chi connectivity index (χ3n) is 0.685. The van der Waals surface area contributed by atoms with E-state index in [2.05, 4.69) is 11.8 Å². The molecule has 44 valence electrons. The van der Waals surface area contributed by atoms with E-state index in [0.717, 1.165) is 6.41 Å². The minimum absolute atomic E-state index is 0.528. The van der Waals surface area contributed by atoms with Crippen molar-refractivity contribution >= 4 is 6.41 Å². The number of hydrogen-bond donors (Lipinski definition) is 0. The van der Waals surface area contributed by atoms with Crippen LogP contribution in [-0.2, 0) is 4.79 Å². The second kappa shape index (κ2) is 4.20. The average molecular weight is 111 g/mol. The third-order valence-corrected chi connectivity index (χ3v) is 0.685. The normalized spacial score (nSPS) is 6.75. The Labute approximate surface area is 49.5 Å². The van der Waals surface area contributed by atoms with Gasteiger partial charge in [0, 0.05) is 7.05 Å². The Kier molecular flexibility index (Phi) is 3.69. The molecule has 0 aliphatic rings. The van der Waals surface area contributed by atoms with Crippen molar-refractivity contribution in [3.05, 3.63) is 0 Å². The lowest BCUT2D eigenvalue weighted by atomic mass is 10.6. The second-order valence-electron chi connectivity index (χ2n) is 1.45. The Bertz CT molecular complexity index is 120. The maximum atomic E-state index is 9.87. The molecular formula is C6H9NO. The summed E-state index contributed by atoms with van der Waals surface area (Å²) in [7, 11) is 1.69. The van der Waals surface area contributed by atoms with Crippen molar-refractivity contribution in [3.63, 3.8) is 0 Å². The summed E-state index contributed by atoms with van der Waals surface area (Å²) >= 11 is 0. The van der Waals surface area contributed by atoms with E-state index in [1.54, 1.807) is 14.0 Å². The first-order valence-corrected chi connectivity index (χ1v) is 2.36. The topological polar surface area (TPSA) is 20.3 Å². The molecule has 0 bridgehead atoms. The molecule has 0 saturated heterocycles. The number of amides is 1. The average Bonchev–Trinajstić information content (AvgIpc) is 1.83. The highest BCUT2D eigenvalue weighted by atomic mass is 16.1. The summed E-state index contributed by atoms with van der Waals surface area (Å²) in [4.78, 5) is 11.4. The molecule has 0 N–H and O–H groups in total. The highest BCUT2D eigenvalue weighted by Crippen LogP contribution is 1.68. The molecule has 0 unspecified atom stereocenters. The van der Waals surface area contributed by atoms with Gasteiger partial charge in [0.1, 0.15) is 0 Å². The third kappa shape index (κ3) is 3.23. The molecule has 0 aromatic carbocycles. The largest absolute Gasteiger partial charge is 0.337 e. The van der Waals surface area contributed by atoms with Gasteiger partial charge in [-0.05, 0) is 6.92 Å². The van der Waals surface area contributed by atoms with E-state index in [-0.39, 0.29) is 0 Å². The minimum atomic E-state index is 0.528. The zero-order valence-corrected chi connectivity index (χ0v) is 5.14. The van der Waals surface area contributed by atoms with Gasteiger partial charge in [-0.2, -0.15) is 0 Å². The number of nitrogens with zero attached hydrogens (tertiary/aromatic N) is 1. The van der Waals surface area contributed by atoms with Crippen molar-refractivity contribution < 1.29 is 4.79 Å². The first kappa shape index (κ1) is 7.03. The SMILES string of the molecule is CC#CCN(C)C=O. The summed E-state index contributed by atoms with van der Waals surface area (Å²) in [6.45, 7) is 2.28. The lowest BCUT2D eigenvalue weighted by Gasteiger charge is -2.01. The second-order valence-corrected chi connectivity index (χ2v) is 1.45. The Balaban J connectivity index is 3.33. The van der Waals surface area contributed by atoms with Gasteiger partial charge in [-0.15, -0.1) is 5.92 Å². The van der Waals surface area contributed by atoms with Gasteiger partial charge in [-0.1, -0.05) is 5.92 Å². The summed E-state index contributed by atoms with van der Waals surface area (Å²) in [6, 6.07) is 0. The maximum absolute atomic E-state index is 9.87. The van der Waals surface area contributed by atoms with E-state index in [1.165, 1.54) is 4.90 Å². The van der Waals surface area contributed by atoms with E-state index >= 15 is 0 Å². The van der Waals surface area contributed by atoms with E-state index in [0.29, 0.717) is 6.54 Å². The predicted molar refractivity (Wildman–Crippen MR) is 32.1 cm³/mol. The lowest BCUT2D eigenvalue weighted by Crippen LogP contribution is -2.15. The number of carbonyl (C=O) groups is 1. The van der Waals surface area contributed by atoms with Crippen LogP contribution in [0.25, 0.3) is 0 Å². The molecule has 0 saturated carbocycles. The van der Waals surface area contributed by atoms with Crippen LogP contribution in [0.1, 0.15) is 6.92 Å². The molecule has 0 rings (SSSR count). The first-order valence-electron chi connectivity index (χ1n) is 2.36. The zero-order valence-electron chi connectivity index (χ0n) is 5.14. The van der Waals surface area contributed by atoms with Crippen LogP contribution in [0.4, 0.5) is 0 Å². The summed E-state index contributed by atoms with van der Waals surface area (Å²) in [5.74, 6) is 5.43. The standard InChI is InChI=1S/C6H9NO/c1-3-4-5-7(2)6-8/h6H,5H2,1-2H3. The Hall–Kier alpha value is -0.970. The molecule has 0 atom stereocenters. The molecule has 0 aliphatic carbocycles. The molecule has 0 heterocycles. The predicted octanol–water partition coefficient (Wildman–Crippen LogP) is 0.0979. The molecule has 1 amide bonds. The number of carbonyl (C=O) groups excluding carboxylic acids is 1. The Morgan fingerprint density at radius 2 is 2.38 bits per heavy atom. The molecule has 0 aromatic heterocycles. The van der Waals surface area contributed by atoms with Gasteiger partial charge in [0.15, 0.2) is 0 Å². The van der Waals surface area contributed by atoms with Crippen LogP contribution in [0.3, 0.4) is 0 Å². The zero-order chi connectivity index (χ0) is 6.41. The van der Waals surface area contributed by atoms with Crippen LogP contribution >= 0.6 is 0 Å². The molecule has 8 heavy (non-hydrogen) atoms. The Morgan fingerprint density at radius 1 is 1.75 bits per heavy atom. The van der Waals surface area contributed by atoms with Crippen molar-refractivity contribution in [2.75, 3.05) is 13.6 Å². The Morgan fingerprint density at radius 3 is 2.75 bits per heavy atom. The van der Waals surface area contributed by atoms with Gasteiger partial charge >= 0.3 is 0 Å². The van der Waals surface area contributed by atoms with E-state index in [4.69, 9.17) is 0 Å². The van der Waals surface area contributed by atoms with Crippen molar-refractivity contribution in [1.29, 1.82) is 0 Å². The molecule has 0 radical (unpaired) electrons. The molecule has 0 fully saturated rings. The molecule has 0 aliphatic heterocycles. The fraction of sp³-hybridized carbons (Fsp3) is 0.500. The van der Waals surface area contributed by atoms with Crippen LogP contribution in [0.5, 0.6) is 0 Å². The van der Waals surface area contributed by atoms with Crippen LogP contribution in [0, 0.1) is 11.8 Å². The highest BCUT2D eigenvalue weighted by Gasteiger charge is 1.82. The van der Waals surface area contributed by atoms with Crippen molar-refractivity contribution in [2.24, 2.45) is 0 Å². The fourth-order valence-electron chi connectivity index (χ4n) is 0.241. The van der Waals surface area contributed by atoms with Gasteiger partial charge in [-0.3, -0.25) is 4.79 Å². The molecule has 0 aromatic rings. The maximum Gasteiger partial charge on any atom is 0.210 e. The quantitative estimate of drug-likeness (QED) is 0.365. The van der Waals surface area contributed by atoms with E-state index in [1.807, 2.05) is 0 Å². The van der Waals surface area contributed by atoms with Gasteiger partial charge in [0.05, 0.1) is 6.54 Å². The van der Waals surface area contributed by atoms with Crippen molar-refractivity contribution in [1.82, 2.24) is 4.90 Å². The van der Waals surface area contributed by atoms with Gasteiger partial charge in [0.25, 0.3) is 0 Å². The van der Waals surface area contributed by atoms with Crippen molar-refractivity contribution in [3.8, 4) is 11.8 Å². The summed E-state index contributed by atoms with van der Waals surface area (Å²) in [6.07, 6.45) is 0.754. The number of rotatable bonds is 2. The first-order chi connectivity index (χ1) is 3.81. The molecule has 2 nitrogen and oxygen atoms in total. The number of hydrogen-bond acceptors (Lipinski definition) is 1. The van der Waals surface area contributed by atoms with Crippen LogP contribution < -0.4 is 0 Å². The van der Waals surface area contributed by atoms with Crippen LogP contribution in [0.2, 0.25) is 0 Å². The van der Waals surface area contributed by atoms with Gasteiger partial charge in [-0.25, -0.2) is 0 Å². The summed E-state index contributed by atoms with van der Waals surface area (Å²) in [5, 5.41) is 0. The molecule has 2 heteroatoms. The monoisotopic (exact) mass is 111 g/mol.